The molecule has 0 spiro atoms. The number of hydrogen-bond donors (Lipinski definition) is 1. The number of amides is 1. The maximum Gasteiger partial charge on any atom is 0.244 e. The number of aromatic nitrogens is 2. The summed E-state index contributed by atoms with van der Waals surface area (Å²) in [5, 5.41) is 7.27. The molecule has 0 saturated heterocycles. The normalized spacial score (nSPS) is 13.0. The Morgan fingerprint density at radius 2 is 1.85 bits per heavy atom. The molecule has 4 nitrogen and oxygen atoms in total. The monoisotopic (exact) mass is 271 g/mol. The first-order valence-corrected chi connectivity index (χ1v) is 6.78. The third-order valence-corrected chi connectivity index (χ3v) is 2.98. The van der Waals surface area contributed by atoms with E-state index >= 15 is 0 Å². The van der Waals surface area contributed by atoms with E-state index in [1.807, 2.05) is 64.2 Å². The van der Waals surface area contributed by atoms with Crippen molar-refractivity contribution >= 4 is 5.91 Å². The van der Waals surface area contributed by atoms with E-state index in [-0.39, 0.29) is 17.5 Å². The van der Waals surface area contributed by atoms with Crippen molar-refractivity contribution in [3.05, 3.63) is 42.7 Å². The molecule has 1 N–H and O–H groups in total. The highest BCUT2D eigenvalue weighted by Crippen LogP contribution is 2.19. The van der Waals surface area contributed by atoms with Gasteiger partial charge >= 0.3 is 0 Å². The molecule has 0 fully saturated rings. The predicted octanol–water partition coefficient (Wildman–Crippen LogP) is 3.03. The topological polar surface area (TPSA) is 46.9 Å². The molecule has 1 atom stereocenters. The lowest BCUT2D eigenvalue weighted by Crippen LogP contribution is -2.43. The molecule has 106 valence electrons. The number of carbonyl (C=O) groups excluding carboxylic acids is 1. The molecule has 1 amide bonds. The van der Waals surface area contributed by atoms with Gasteiger partial charge in [-0.05, 0) is 33.3 Å². The van der Waals surface area contributed by atoms with Crippen LogP contribution in [0.2, 0.25) is 0 Å². The van der Waals surface area contributed by atoms with Crippen LogP contribution in [0.25, 0.3) is 11.1 Å². The fourth-order valence-corrected chi connectivity index (χ4v) is 1.92. The minimum Gasteiger partial charge on any atom is -0.350 e. The Balaban J connectivity index is 2.15. The summed E-state index contributed by atoms with van der Waals surface area (Å²) >= 11 is 0. The zero-order valence-corrected chi connectivity index (χ0v) is 12.4. The first-order chi connectivity index (χ1) is 9.37. The summed E-state index contributed by atoms with van der Waals surface area (Å²) in [5.41, 5.74) is 1.88. The van der Waals surface area contributed by atoms with E-state index in [4.69, 9.17) is 0 Å². The van der Waals surface area contributed by atoms with Gasteiger partial charge in [0.15, 0.2) is 0 Å². The van der Waals surface area contributed by atoms with Crippen molar-refractivity contribution < 1.29 is 4.79 Å². The summed E-state index contributed by atoms with van der Waals surface area (Å²) < 4.78 is 1.70. The van der Waals surface area contributed by atoms with Gasteiger partial charge < -0.3 is 5.32 Å². The van der Waals surface area contributed by atoms with Gasteiger partial charge in [-0.3, -0.25) is 9.48 Å². The average molecular weight is 271 g/mol. The van der Waals surface area contributed by atoms with Crippen LogP contribution < -0.4 is 5.32 Å². The second-order valence-corrected chi connectivity index (χ2v) is 5.99. The summed E-state index contributed by atoms with van der Waals surface area (Å²) in [5.74, 6) is -0.0276. The number of carbonyl (C=O) groups is 1. The quantitative estimate of drug-likeness (QED) is 0.932. The minimum atomic E-state index is -0.327. The second-order valence-electron chi connectivity index (χ2n) is 5.99. The van der Waals surface area contributed by atoms with E-state index < -0.39 is 0 Å². The third-order valence-electron chi connectivity index (χ3n) is 2.98. The Hall–Kier alpha value is -2.10. The van der Waals surface area contributed by atoms with Crippen LogP contribution in [0, 0.1) is 0 Å². The van der Waals surface area contributed by atoms with Crippen LogP contribution in [0.4, 0.5) is 0 Å². The summed E-state index contributed by atoms with van der Waals surface area (Å²) in [6, 6.07) is 9.69. The smallest absolute Gasteiger partial charge is 0.244 e. The summed E-state index contributed by atoms with van der Waals surface area (Å²) in [6.45, 7) is 7.76. The lowest BCUT2D eigenvalue weighted by atomic mass is 10.1. The summed E-state index contributed by atoms with van der Waals surface area (Å²) in [7, 11) is 0. The number of nitrogens with one attached hydrogen (secondary N) is 1. The van der Waals surface area contributed by atoms with Crippen molar-refractivity contribution in [2.75, 3.05) is 0 Å². The fourth-order valence-electron chi connectivity index (χ4n) is 1.92. The van der Waals surface area contributed by atoms with E-state index in [1.165, 1.54) is 0 Å². The van der Waals surface area contributed by atoms with Crippen molar-refractivity contribution in [1.82, 2.24) is 15.1 Å². The fraction of sp³-hybridized carbons (Fsp3) is 0.375. The van der Waals surface area contributed by atoms with Crippen molar-refractivity contribution in [3.63, 3.8) is 0 Å². The highest BCUT2D eigenvalue weighted by Gasteiger charge is 2.21. The Labute approximate surface area is 119 Å². The number of rotatable bonds is 3. The molecule has 0 saturated carbocycles. The molecule has 0 unspecified atom stereocenters. The lowest BCUT2D eigenvalue weighted by Gasteiger charge is -2.23. The van der Waals surface area contributed by atoms with E-state index in [2.05, 4.69) is 10.4 Å². The van der Waals surface area contributed by atoms with Crippen LogP contribution in [-0.4, -0.2) is 21.2 Å². The molecule has 4 heteroatoms. The zero-order chi connectivity index (χ0) is 14.8. The first kappa shape index (κ1) is 14.3. The molecule has 20 heavy (non-hydrogen) atoms. The van der Waals surface area contributed by atoms with Crippen LogP contribution in [0.3, 0.4) is 0 Å². The van der Waals surface area contributed by atoms with Crippen LogP contribution in [0.1, 0.15) is 33.7 Å². The van der Waals surface area contributed by atoms with Crippen LogP contribution >= 0.6 is 0 Å². The summed E-state index contributed by atoms with van der Waals surface area (Å²) in [4.78, 5) is 12.1. The predicted molar refractivity (Wildman–Crippen MR) is 80.3 cm³/mol. The lowest BCUT2D eigenvalue weighted by molar-refractivity contribution is -0.125. The van der Waals surface area contributed by atoms with Gasteiger partial charge in [0.05, 0.1) is 6.20 Å². The van der Waals surface area contributed by atoms with Gasteiger partial charge in [0, 0.05) is 17.3 Å². The number of hydrogen-bond acceptors (Lipinski definition) is 2. The van der Waals surface area contributed by atoms with Gasteiger partial charge in [-0.25, -0.2) is 0 Å². The van der Waals surface area contributed by atoms with Crippen LogP contribution in [0.5, 0.6) is 0 Å². The second kappa shape index (κ2) is 5.49. The van der Waals surface area contributed by atoms with Crippen molar-refractivity contribution in [1.29, 1.82) is 0 Å². The Morgan fingerprint density at radius 3 is 2.45 bits per heavy atom. The van der Waals surface area contributed by atoms with Crippen molar-refractivity contribution in [2.45, 2.75) is 39.3 Å². The van der Waals surface area contributed by atoms with Gasteiger partial charge in [0.1, 0.15) is 6.04 Å². The molecule has 0 bridgehead atoms. The highest BCUT2D eigenvalue weighted by molar-refractivity contribution is 5.80. The molecule has 0 aliphatic carbocycles. The third kappa shape index (κ3) is 3.47. The molecule has 1 heterocycles. The number of nitrogens with zero attached hydrogens (tertiary/aromatic N) is 2. The molecular weight excluding hydrogens is 250 g/mol. The van der Waals surface area contributed by atoms with Crippen molar-refractivity contribution in [3.8, 4) is 11.1 Å². The first-order valence-electron chi connectivity index (χ1n) is 6.78. The maximum atomic E-state index is 12.1. The largest absolute Gasteiger partial charge is 0.350 e. The zero-order valence-electron chi connectivity index (χ0n) is 12.4. The Kier molecular flexibility index (Phi) is 3.93. The van der Waals surface area contributed by atoms with Gasteiger partial charge in [0.2, 0.25) is 5.91 Å². The van der Waals surface area contributed by atoms with Crippen LogP contribution in [-0.2, 0) is 4.79 Å². The van der Waals surface area contributed by atoms with E-state index in [0.29, 0.717) is 0 Å². The summed E-state index contributed by atoms with van der Waals surface area (Å²) in [6.07, 6.45) is 3.69. The molecule has 2 rings (SSSR count). The molecule has 1 aromatic carbocycles. The van der Waals surface area contributed by atoms with E-state index in [9.17, 15) is 4.79 Å². The Bertz CT molecular complexity index is 581. The van der Waals surface area contributed by atoms with Gasteiger partial charge in [-0.15, -0.1) is 0 Å². The van der Waals surface area contributed by atoms with E-state index in [1.54, 1.807) is 10.9 Å². The molecule has 0 aliphatic heterocycles. The Morgan fingerprint density at radius 1 is 1.20 bits per heavy atom. The van der Waals surface area contributed by atoms with Gasteiger partial charge in [-0.1, -0.05) is 30.3 Å². The molecule has 1 aromatic heterocycles. The minimum absolute atomic E-state index is 0.0276. The van der Waals surface area contributed by atoms with Crippen LogP contribution in [0.15, 0.2) is 42.7 Å². The molecule has 2 aromatic rings. The standard InChI is InChI=1S/C16H21N3O/c1-12(15(20)18-16(2,3)4)19-11-14(10-17-19)13-8-6-5-7-9-13/h5-12H,1-4H3,(H,18,20)/t12-/m1/s1. The molecular formula is C16H21N3O. The molecule has 0 radical (unpaired) electrons. The maximum absolute atomic E-state index is 12.1. The number of benzene rings is 1. The van der Waals surface area contributed by atoms with E-state index in [0.717, 1.165) is 11.1 Å². The van der Waals surface area contributed by atoms with Crippen molar-refractivity contribution in [2.24, 2.45) is 0 Å². The van der Waals surface area contributed by atoms with Gasteiger partial charge in [-0.2, -0.15) is 5.10 Å². The SMILES string of the molecule is C[C@H](C(=O)NC(C)(C)C)n1cc(-c2ccccc2)cn1. The highest BCUT2D eigenvalue weighted by atomic mass is 16.2. The van der Waals surface area contributed by atoms with Gasteiger partial charge in [0.25, 0.3) is 0 Å². The molecule has 0 aliphatic rings. The average Bonchev–Trinajstić information content (AvgIpc) is 2.86.